The van der Waals surface area contributed by atoms with Gasteiger partial charge in [0.15, 0.2) is 0 Å². The zero-order valence-corrected chi connectivity index (χ0v) is 19.7. The fourth-order valence-electron chi connectivity index (χ4n) is 2.56. The second-order valence-corrected chi connectivity index (χ2v) is 9.38. The van der Waals surface area contributed by atoms with Gasteiger partial charge in [0, 0.05) is 10.0 Å². The van der Waals surface area contributed by atoms with Crippen LogP contribution in [0.4, 0.5) is 0 Å². The number of nitrogens with zero attached hydrogens (tertiary/aromatic N) is 2. The number of rotatable bonds is 11. The van der Waals surface area contributed by atoms with E-state index in [0.29, 0.717) is 10.0 Å². The number of sulfonamides is 1. The molecule has 33 heavy (non-hydrogen) atoms. The van der Waals surface area contributed by atoms with E-state index < -0.39 is 16.1 Å². The Morgan fingerprint density at radius 1 is 0.758 bits per heavy atom. The van der Waals surface area contributed by atoms with Crippen LogP contribution in [-0.2, 0) is 19.7 Å². The summed E-state index contributed by atoms with van der Waals surface area (Å²) in [6.07, 6.45) is 3.00. The standard InChI is InChI=1S/C23H21Cl2N3O4S/c24-20-10-6-18(7-11-20)14-26-31-16-22(28-33(29,30)23-4-2-1-3-5-23)17-32-27-15-19-8-12-21(25)13-9-19/h1-15,22,28H,16-17H2. The maximum absolute atomic E-state index is 12.7. The Morgan fingerprint density at radius 2 is 1.21 bits per heavy atom. The molecule has 0 unspecified atom stereocenters. The first-order chi connectivity index (χ1) is 15.9. The van der Waals surface area contributed by atoms with E-state index in [2.05, 4.69) is 15.0 Å². The Labute approximate surface area is 202 Å². The van der Waals surface area contributed by atoms with Crippen molar-refractivity contribution >= 4 is 45.7 Å². The molecule has 0 atom stereocenters. The van der Waals surface area contributed by atoms with Crippen molar-refractivity contribution in [2.45, 2.75) is 10.9 Å². The molecule has 1 N–H and O–H groups in total. The van der Waals surface area contributed by atoms with Gasteiger partial charge in [-0.25, -0.2) is 13.1 Å². The monoisotopic (exact) mass is 505 g/mol. The van der Waals surface area contributed by atoms with Crippen LogP contribution in [0.25, 0.3) is 0 Å². The van der Waals surface area contributed by atoms with Gasteiger partial charge < -0.3 is 9.68 Å². The van der Waals surface area contributed by atoms with Crippen molar-refractivity contribution in [2.75, 3.05) is 13.2 Å². The lowest BCUT2D eigenvalue weighted by molar-refractivity contribution is 0.0698. The molecule has 0 saturated carbocycles. The molecule has 0 saturated heterocycles. The molecule has 0 spiro atoms. The van der Waals surface area contributed by atoms with Gasteiger partial charge in [-0.1, -0.05) is 76.0 Å². The van der Waals surface area contributed by atoms with Gasteiger partial charge in [-0.2, -0.15) is 0 Å². The number of benzene rings is 3. The highest BCUT2D eigenvalue weighted by atomic mass is 35.5. The Kier molecular flexibility index (Phi) is 9.26. The van der Waals surface area contributed by atoms with Crippen molar-refractivity contribution in [3.63, 3.8) is 0 Å². The van der Waals surface area contributed by atoms with Crippen molar-refractivity contribution in [3.8, 4) is 0 Å². The maximum atomic E-state index is 12.7. The Hall–Kier alpha value is -2.91. The highest BCUT2D eigenvalue weighted by Crippen LogP contribution is 2.10. The summed E-state index contributed by atoms with van der Waals surface area (Å²) < 4.78 is 27.9. The summed E-state index contributed by atoms with van der Waals surface area (Å²) in [5.41, 5.74) is 1.56. The first kappa shape index (κ1) is 24.7. The summed E-state index contributed by atoms with van der Waals surface area (Å²) in [5, 5.41) is 9.00. The number of oxime groups is 2. The minimum Gasteiger partial charge on any atom is -0.394 e. The van der Waals surface area contributed by atoms with Gasteiger partial charge in [0.05, 0.1) is 23.4 Å². The largest absolute Gasteiger partial charge is 0.394 e. The van der Waals surface area contributed by atoms with E-state index in [1.54, 1.807) is 66.7 Å². The van der Waals surface area contributed by atoms with Crippen LogP contribution in [0.3, 0.4) is 0 Å². The van der Waals surface area contributed by atoms with Gasteiger partial charge in [-0.05, 0) is 47.5 Å². The van der Waals surface area contributed by atoms with Gasteiger partial charge in [-0.3, -0.25) is 0 Å². The topological polar surface area (TPSA) is 89.4 Å². The summed E-state index contributed by atoms with van der Waals surface area (Å²) in [4.78, 5) is 10.7. The van der Waals surface area contributed by atoms with Crippen molar-refractivity contribution < 1.29 is 18.1 Å². The molecule has 3 aromatic rings. The van der Waals surface area contributed by atoms with Crippen LogP contribution >= 0.6 is 23.2 Å². The molecule has 7 nitrogen and oxygen atoms in total. The van der Waals surface area contributed by atoms with Gasteiger partial charge >= 0.3 is 0 Å². The van der Waals surface area contributed by atoms with E-state index in [1.807, 2.05) is 0 Å². The summed E-state index contributed by atoms with van der Waals surface area (Å²) in [7, 11) is -3.79. The summed E-state index contributed by atoms with van der Waals surface area (Å²) >= 11 is 11.7. The molecule has 0 radical (unpaired) electrons. The molecule has 0 aliphatic rings. The number of nitrogens with one attached hydrogen (secondary N) is 1. The molecule has 3 rings (SSSR count). The van der Waals surface area contributed by atoms with Crippen LogP contribution in [0.15, 0.2) is 94.1 Å². The second kappa shape index (κ2) is 12.4. The van der Waals surface area contributed by atoms with Crippen LogP contribution in [0.1, 0.15) is 11.1 Å². The lowest BCUT2D eigenvalue weighted by Crippen LogP contribution is -2.40. The second-order valence-electron chi connectivity index (χ2n) is 6.79. The molecule has 0 fully saturated rings. The Morgan fingerprint density at radius 3 is 1.67 bits per heavy atom. The van der Waals surface area contributed by atoms with E-state index in [-0.39, 0.29) is 18.1 Å². The zero-order chi connectivity index (χ0) is 23.5. The minimum absolute atomic E-state index is 0.0768. The van der Waals surface area contributed by atoms with Crippen LogP contribution in [0.2, 0.25) is 10.0 Å². The normalized spacial score (nSPS) is 12.8. The van der Waals surface area contributed by atoms with Crippen molar-refractivity contribution in [1.29, 1.82) is 0 Å². The first-order valence-electron chi connectivity index (χ1n) is 9.81. The SMILES string of the molecule is O=S(=O)(NC(CON=Cc1ccc(Cl)cc1)CON=Cc1ccc(Cl)cc1)c1ccccc1. The van der Waals surface area contributed by atoms with Gasteiger partial charge in [0.25, 0.3) is 0 Å². The molecular formula is C23H21Cl2N3O4S. The molecule has 0 heterocycles. The van der Waals surface area contributed by atoms with Crippen molar-refractivity contribution in [1.82, 2.24) is 4.72 Å². The summed E-state index contributed by atoms with van der Waals surface area (Å²) in [6.45, 7) is -0.154. The average molecular weight is 506 g/mol. The fraction of sp³-hybridized carbons (Fsp3) is 0.130. The molecular weight excluding hydrogens is 485 g/mol. The van der Waals surface area contributed by atoms with Crippen molar-refractivity contribution in [2.24, 2.45) is 10.3 Å². The molecule has 172 valence electrons. The van der Waals surface area contributed by atoms with E-state index in [1.165, 1.54) is 24.6 Å². The van der Waals surface area contributed by atoms with E-state index in [4.69, 9.17) is 32.9 Å². The number of hydrogen-bond acceptors (Lipinski definition) is 6. The lowest BCUT2D eigenvalue weighted by atomic mass is 10.2. The van der Waals surface area contributed by atoms with Crippen LogP contribution in [-0.4, -0.2) is 40.1 Å². The third kappa shape index (κ3) is 8.51. The molecule has 0 aliphatic heterocycles. The molecule has 0 bridgehead atoms. The zero-order valence-electron chi connectivity index (χ0n) is 17.3. The van der Waals surface area contributed by atoms with Gasteiger partial charge in [0.1, 0.15) is 13.2 Å². The molecule has 3 aromatic carbocycles. The van der Waals surface area contributed by atoms with E-state index in [9.17, 15) is 8.42 Å². The predicted octanol–water partition coefficient (Wildman–Crippen LogP) is 4.74. The van der Waals surface area contributed by atoms with Crippen LogP contribution in [0.5, 0.6) is 0 Å². The molecule has 0 aliphatic carbocycles. The van der Waals surface area contributed by atoms with Crippen LogP contribution < -0.4 is 4.72 Å². The summed E-state index contributed by atoms with van der Waals surface area (Å²) in [5.74, 6) is 0. The number of halogens is 2. The highest BCUT2D eigenvalue weighted by Gasteiger charge is 2.21. The predicted molar refractivity (Wildman–Crippen MR) is 131 cm³/mol. The quantitative estimate of drug-likeness (QED) is 0.301. The molecule has 10 heteroatoms. The Balaban J connectivity index is 1.61. The van der Waals surface area contributed by atoms with Crippen molar-refractivity contribution in [3.05, 3.63) is 100 Å². The third-order valence-electron chi connectivity index (χ3n) is 4.22. The lowest BCUT2D eigenvalue weighted by Gasteiger charge is -2.16. The fourth-order valence-corrected chi connectivity index (χ4v) is 4.04. The van der Waals surface area contributed by atoms with Crippen LogP contribution in [0, 0.1) is 0 Å². The van der Waals surface area contributed by atoms with E-state index in [0.717, 1.165) is 11.1 Å². The maximum Gasteiger partial charge on any atom is 0.241 e. The van der Waals surface area contributed by atoms with Gasteiger partial charge in [0.2, 0.25) is 10.0 Å². The molecule has 0 amide bonds. The number of hydrogen-bond donors (Lipinski definition) is 1. The average Bonchev–Trinajstić information content (AvgIpc) is 2.82. The smallest absolute Gasteiger partial charge is 0.241 e. The van der Waals surface area contributed by atoms with E-state index >= 15 is 0 Å². The highest BCUT2D eigenvalue weighted by molar-refractivity contribution is 7.89. The molecule has 0 aromatic heterocycles. The third-order valence-corrected chi connectivity index (χ3v) is 6.26. The minimum atomic E-state index is -3.79. The first-order valence-corrected chi connectivity index (χ1v) is 12.1. The Bertz CT molecular complexity index is 1110. The van der Waals surface area contributed by atoms with Gasteiger partial charge in [-0.15, -0.1) is 0 Å². The summed E-state index contributed by atoms with van der Waals surface area (Å²) in [6, 6.07) is 21.3.